The Labute approximate surface area is 108 Å². The minimum absolute atomic E-state index is 0.227. The molecule has 19 heavy (non-hydrogen) atoms. The smallest absolute Gasteiger partial charge is 0.291 e. The Balaban J connectivity index is 1.85. The Bertz CT molecular complexity index is 698. The normalized spacial score (nSPS) is 10.6. The van der Waals surface area contributed by atoms with Crippen LogP contribution in [0.15, 0.2) is 59.0 Å². The largest absolute Gasteiger partial charge is 0.451 e. The number of carbonyl (C=O) groups is 1. The van der Waals surface area contributed by atoms with E-state index in [1.807, 2.05) is 18.2 Å². The van der Waals surface area contributed by atoms with E-state index in [9.17, 15) is 9.18 Å². The van der Waals surface area contributed by atoms with Gasteiger partial charge < -0.3 is 9.73 Å². The van der Waals surface area contributed by atoms with Crippen LogP contribution in [0.3, 0.4) is 0 Å². The van der Waals surface area contributed by atoms with Crippen LogP contribution in [0.2, 0.25) is 0 Å². The molecule has 0 saturated carbocycles. The molecular formula is C15H10FNO2. The van der Waals surface area contributed by atoms with Gasteiger partial charge in [-0.2, -0.15) is 0 Å². The lowest BCUT2D eigenvalue weighted by Gasteiger charge is -2.02. The third-order valence-electron chi connectivity index (χ3n) is 2.75. The lowest BCUT2D eigenvalue weighted by atomic mass is 10.2. The quantitative estimate of drug-likeness (QED) is 0.756. The van der Waals surface area contributed by atoms with Crippen LogP contribution in [0.25, 0.3) is 11.0 Å². The molecule has 4 heteroatoms. The lowest BCUT2D eigenvalue weighted by Crippen LogP contribution is -2.10. The van der Waals surface area contributed by atoms with E-state index >= 15 is 0 Å². The molecule has 3 aromatic rings. The number of carbonyl (C=O) groups excluding carboxylic acids is 1. The number of benzene rings is 2. The zero-order valence-corrected chi connectivity index (χ0v) is 9.89. The number of amides is 1. The first-order valence-corrected chi connectivity index (χ1v) is 5.78. The summed E-state index contributed by atoms with van der Waals surface area (Å²) in [5.41, 5.74) is 1.18. The van der Waals surface area contributed by atoms with Crippen LogP contribution in [-0.2, 0) is 0 Å². The molecule has 1 N–H and O–H groups in total. The first kappa shape index (κ1) is 11.5. The average molecular weight is 255 g/mol. The number of para-hydroxylation sites is 1. The van der Waals surface area contributed by atoms with Crippen molar-refractivity contribution in [1.82, 2.24) is 0 Å². The number of anilines is 1. The Kier molecular flexibility index (Phi) is 2.76. The number of furan rings is 1. The molecule has 0 spiro atoms. The number of fused-ring (bicyclic) bond motifs is 1. The molecule has 0 aliphatic rings. The molecule has 94 valence electrons. The van der Waals surface area contributed by atoms with Crippen molar-refractivity contribution in [2.75, 3.05) is 5.32 Å². The van der Waals surface area contributed by atoms with Crippen molar-refractivity contribution >= 4 is 22.6 Å². The van der Waals surface area contributed by atoms with Crippen LogP contribution in [0.1, 0.15) is 10.6 Å². The molecule has 0 atom stereocenters. The van der Waals surface area contributed by atoms with Crippen LogP contribution in [0, 0.1) is 5.82 Å². The van der Waals surface area contributed by atoms with Crippen LogP contribution in [0.5, 0.6) is 0 Å². The molecule has 3 rings (SSSR count). The molecule has 0 fully saturated rings. The summed E-state index contributed by atoms with van der Waals surface area (Å²) in [6.07, 6.45) is 0. The maximum atomic E-state index is 12.8. The topological polar surface area (TPSA) is 42.2 Å². The first-order valence-electron chi connectivity index (χ1n) is 5.78. The Hall–Kier alpha value is -2.62. The summed E-state index contributed by atoms with van der Waals surface area (Å²) >= 11 is 0. The van der Waals surface area contributed by atoms with Crippen molar-refractivity contribution in [3.05, 3.63) is 66.2 Å². The van der Waals surface area contributed by atoms with E-state index < -0.39 is 0 Å². The van der Waals surface area contributed by atoms with E-state index in [-0.39, 0.29) is 17.5 Å². The van der Waals surface area contributed by atoms with Crippen LogP contribution >= 0.6 is 0 Å². The van der Waals surface area contributed by atoms with Crippen molar-refractivity contribution < 1.29 is 13.6 Å². The molecule has 2 aromatic carbocycles. The summed E-state index contributed by atoms with van der Waals surface area (Å²) in [5, 5.41) is 3.51. The van der Waals surface area contributed by atoms with Gasteiger partial charge in [0.15, 0.2) is 5.76 Å². The summed E-state index contributed by atoms with van der Waals surface area (Å²) in [5.74, 6) is -0.477. The molecule has 0 aliphatic heterocycles. The summed E-state index contributed by atoms with van der Waals surface area (Å²) < 4.78 is 18.2. The van der Waals surface area contributed by atoms with Gasteiger partial charge in [0.2, 0.25) is 0 Å². The van der Waals surface area contributed by atoms with E-state index in [0.29, 0.717) is 11.3 Å². The van der Waals surface area contributed by atoms with Gasteiger partial charge in [-0.25, -0.2) is 4.39 Å². The van der Waals surface area contributed by atoms with Gasteiger partial charge >= 0.3 is 0 Å². The predicted octanol–water partition coefficient (Wildman–Crippen LogP) is 3.82. The number of halogens is 1. The molecular weight excluding hydrogens is 245 g/mol. The van der Waals surface area contributed by atoms with E-state index in [4.69, 9.17) is 4.42 Å². The monoisotopic (exact) mass is 255 g/mol. The van der Waals surface area contributed by atoms with Crippen molar-refractivity contribution in [3.63, 3.8) is 0 Å². The molecule has 1 amide bonds. The Morgan fingerprint density at radius 1 is 1.05 bits per heavy atom. The Morgan fingerprint density at radius 3 is 2.53 bits per heavy atom. The van der Waals surface area contributed by atoms with Crippen LogP contribution in [0.4, 0.5) is 10.1 Å². The van der Waals surface area contributed by atoms with Crippen LogP contribution < -0.4 is 5.32 Å². The standard InChI is InChI=1S/C15H10FNO2/c16-11-5-7-12(8-6-11)17-15(18)14-9-10-3-1-2-4-13(10)19-14/h1-9H,(H,17,18). The van der Waals surface area contributed by atoms with Crippen molar-refractivity contribution in [2.45, 2.75) is 0 Å². The molecule has 1 heterocycles. The fourth-order valence-corrected chi connectivity index (χ4v) is 1.82. The minimum Gasteiger partial charge on any atom is -0.451 e. The van der Waals surface area contributed by atoms with E-state index in [0.717, 1.165) is 5.39 Å². The minimum atomic E-state index is -0.359. The maximum absolute atomic E-state index is 12.8. The zero-order chi connectivity index (χ0) is 13.2. The zero-order valence-electron chi connectivity index (χ0n) is 9.89. The highest BCUT2D eigenvalue weighted by molar-refractivity contribution is 6.04. The van der Waals surface area contributed by atoms with Gasteiger partial charge in [0, 0.05) is 11.1 Å². The Morgan fingerprint density at radius 2 is 1.79 bits per heavy atom. The molecule has 0 saturated heterocycles. The van der Waals surface area contributed by atoms with Gasteiger partial charge in [0.05, 0.1) is 0 Å². The number of rotatable bonds is 2. The second-order valence-corrected chi connectivity index (χ2v) is 4.11. The summed E-state index contributed by atoms with van der Waals surface area (Å²) in [7, 11) is 0. The van der Waals surface area contributed by atoms with E-state index in [1.165, 1.54) is 24.3 Å². The molecule has 0 unspecified atom stereocenters. The van der Waals surface area contributed by atoms with E-state index in [1.54, 1.807) is 12.1 Å². The third-order valence-corrected chi connectivity index (χ3v) is 2.75. The highest BCUT2D eigenvalue weighted by Crippen LogP contribution is 2.20. The fraction of sp³-hybridized carbons (Fsp3) is 0. The van der Waals surface area contributed by atoms with Gasteiger partial charge in [-0.05, 0) is 36.4 Å². The van der Waals surface area contributed by atoms with Crippen molar-refractivity contribution in [2.24, 2.45) is 0 Å². The number of hydrogen-bond donors (Lipinski definition) is 1. The number of nitrogens with one attached hydrogen (secondary N) is 1. The highest BCUT2D eigenvalue weighted by Gasteiger charge is 2.12. The van der Waals surface area contributed by atoms with Crippen molar-refractivity contribution in [1.29, 1.82) is 0 Å². The molecule has 3 nitrogen and oxygen atoms in total. The molecule has 0 radical (unpaired) electrons. The molecule has 0 bridgehead atoms. The lowest BCUT2D eigenvalue weighted by molar-refractivity contribution is 0.0998. The molecule has 0 aliphatic carbocycles. The summed E-state index contributed by atoms with van der Waals surface area (Å²) in [6.45, 7) is 0. The van der Waals surface area contributed by atoms with Crippen LogP contribution in [-0.4, -0.2) is 5.91 Å². The van der Waals surface area contributed by atoms with Gasteiger partial charge in [0.1, 0.15) is 11.4 Å². The fourth-order valence-electron chi connectivity index (χ4n) is 1.82. The second-order valence-electron chi connectivity index (χ2n) is 4.11. The summed E-state index contributed by atoms with van der Waals surface area (Å²) in [4.78, 5) is 12.0. The maximum Gasteiger partial charge on any atom is 0.291 e. The molecule has 1 aromatic heterocycles. The van der Waals surface area contributed by atoms with Crippen molar-refractivity contribution in [3.8, 4) is 0 Å². The first-order chi connectivity index (χ1) is 9.22. The third kappa shape index (κ3) is 2.33. The highest BCUT2D eigenvalue weighted by atomic mass is 19.1. The average Bonchev–Trinajstić information content (AvgIpc) is 2.85. The number of hydrogen-bond acceptors (Lipinski definition) is 2. The predicted molar refractivity (Wildman–Crippen MR) is 70.6 cm³/mol. The van der Waals surface area contributed by atoms with E-state index in [2.05, 4.69) is 5.32 Å². The summed E-state index contributed by atoms with van der Waals surface area (Å²) in [6, 6.07) is 14.6. The SMILES string of the molecule is O=C(Nc1ccc(F)cc1)c1cc2ccccc2o1. The second kappa shape index (κ2) is 4.57. The van der Waals surface area contributed by atoms with Gasteiger partial charge in [-0.3, -0.25) is 4.79 Å². The van der Waals surface area contributed by atoms with Gasteiger partial charge in [-0.1, -0.05) is 18.2 Å². The van der Waals surface area contributed by atoms with Gasteiger partial charge in [-0.15, -0.1) is 0 Å². The van der Waals surface area contributed by atoms with Gasteiger partial charge in [0.25, 0.3) is 5.91 Å².